The maximum atomic E-state index is 12.6. The van der Waals surface area contributed by atoms with E-state index >= 15 is 0 Å². The van der Waals surface area contributed by atoms with Crippen LogP contribution >= 0.6 is 0 Å². The van der Waals surface area contributed by atoms with Crippen molar-refractivity contribution in [2.24, 2.45) is 5.92 Å². The van der Waals surface area contributed by atoms with Gasteiger partial charge in [0.05, 0.1) is 12.5 Å². The lowest BCUT2D eigenvalue weighted by atomic mass is 9.93. The van der Waals surface area contributed by atoms with Crippen molar-refractivity contribution in [1.29, 1.82) is 0 Å². The Hall–Kier alpha value is -2.41. The van der Waals surface area contributed by atoms with E-state index in [4.69, 9.17) is 0 Å². The molecule has 1 saturated carbocycles. The Kier molecular flexibility index (Phi) is 7.42. The molecule has 0 aromatic heterocycles. The fourth-order valence-corrected chi connectivity index (χ4v) is 4.03. The molecule has 4 amide bonds. The summed E-state index contributed by atoms with van der Waals surface area (Å²) >= 11 is 0. The highest BCUT2D eigenvalue weighted by atomic mass is 16.2. The number of carbonyl (C=O) groups excluding carboxylic acids is 3. The second-order valence-corrected chi connectivity index (χ2v) is 7.79. The van der Waals surface area contributed by atoms with Gasteiger partial charge in [0.2, 0.25) is 11.8 Å². The summed E-state index contributed by atoms with van der Waals surface area (Å²) in [5.41, 5.74) is 0.630. The molecule has 0 radical (unpaired) electrons. The topological polar surface area (TPSA) is 90.5 Å². The van der Waals surface area contributed by atoms with Crippen molar-refractivity contribution >= 4 is 23.5 Å². The number of benzene rings is 1. The molecular weight excluding hydrogens is 356 g/mol. The molecule has 3 rings (SSSR count). The van der Waals surface area contributed by atoms with Gasteiger partial charge in [-0.05, 0) is 44.4 Å². The van der Waals surface area contributed by atoms with Crippen LogP contribution in [0.5, 0.6) is 0 Å². The van der Waals surface area contributed by atoms with Gasteiger partial charge in [-0.3, -0.25) is 19.8 Å². The summed E-state index contributed by atoms with van der Waals surface area (Å²) in [6.45, 7) is 1.45. The van der Waals surface area contributed by atoms with E-state index in [1.165, 1.54) is 19.3 Å². The van der Waals surface area contributed by atoms with Gasteiger partial charge in [-0.2, -0.15) is 0 Å². The Morgan fingerprint density at radius 2 is 1.71 bits per heavy atom. The summed E-state index contributed by atoms with van der Waals surface area (Å²) in [6.07, 6.45) is 7.51. The van der Waals surface area contributed by atoms with E-state index in [2.05, 4.69) is 16.0 Å². The van der Waals surface area contributed by atoms with Crippen LogP contribution in [0.1, 0.15) is 44.9 Å². The number of hydrogen-bond donors (Lipinski definition) is 3. The van der Waals surface area contributed by atoms with E-state index < -0.39 is 6.03 Å². The smallest absolute Gasteiger partial charge is 0.325 e. The highest BCUT2D eigenvalue weighted by Crippen LogP contribution is 2.20. The summed E-state index contributed by atoms with van der Waals surface area (Å²) in [7, 11) is 0. The molecule has 1 unspecified atom stereocenters. The fraction of sp³-hybridized carbons (Fsp3) is 0.571. The molecule has 152 valence electrons. The molecule has 3 N–H and O–H groups in total. The number of carbonyl (C=O) groups is 3. The average molecular weight is 386 g/mol. The predicted octanol–water partition coefficient (Wildman–Crippen LogP) is 2.50. The zero-order chi connectivity index (χ0) is 19.8. The monoisotopic (exact) mass is 386 g/mol. The highest BCUT2D eigenvalue weighted by Gasteiger charge is 2.28. The summed E-state index contributed by atoms with van der Waals surface area (Å²) in [5, 5.41) is 8.17. The molecule has 0 bridgehead atoms. The third-order valence-corrected chi connectivity index (χ3v) is 5.48. The average Bonchev–Trinajstić information content (AvgIpc) is 2.69. The molecule has 7 nitrogen and oxygen atoms in total. The van der Waals surface area contributed by atoms with Crippen molar-refractivity contribution in [3.05, 3.63) is 30.3 Å². The van der Waals surface area contributed by atoms with Crippen LogP contribution < -0.4 is 16.0 Å². The Morgan fingerprint density at radius 3 is 2.46 bits per heavy atom. The number of hydrogen-bond acceptors (Lipinski definition) is 4. The standard InChI is InChI=1S/C21H30N4O3/c26-19(24-21(28)23-18-11-5-2-6-12-18)15-25-13-7-8-16(14-25)20(27)22-17-9-3-1-4-10-17/h2,5-6,11-12,16-17H,1,3-4,7-10,13-15H2,(H,22,27)(H2,23,24,26,28). The predicted molar refractivity (Wildman–Crippen MR) is 108 cm³/mol. The van der Waals surface area contributed by atoms with Crippen LogP contribution in [0.4, 0.5) is 10.5 Å². The van der Waals surface area contributed by atoms with Gasteiger partial charge in [-0.25, -0.2) is 4.79 Å². The lowest BCUT2D eigenvalue weighted by molar-refractivity contribution is -0.129. The van der Waals surface area contributed by atoms with Gasteiger partial charge >= 0.3 is 6.03 Å². The van der Waals surface area contributed by atoms with Crippen LogP contribution in [0.25, 0.3) is 0 Å². The molecular formula is C21H30N4O3. The SMILES string of the molecule is O=C(CN1CCCC(C(=O)NC2CCCCC2)C1)NC(=O)Nc1ccccc1. The third-order valence-electron chi connectivity index (χ3n) is 5.48. The number of piperidine rings is 1. The summed E-state index contributed by atoms with van der Waals surface area (Å²) < 4.78 is 0. The van der Waals surface area contributed by atoms with Crippen molar-refractivity contribution in [3.63, 3.8) is 0 Å². The van der Waals surface area contributed by atoms with Crippen LogP contribution in [-0.4, -0.2) is 48.4 Å². The molecule has 28 heavy (non-hydrogen) atoms. The van der Waals surface area contributed by atoms with Gasteiger partial charge in [-0.1, -0.05) is 37.5 Å². The van der Waals surface area contributed by atoms with Crippen LogP contribution in [0.3, 0.4) is 0 Å². The molecule has 0 spiro atoms. The molecule has 1 aromatic rings. The molecule has 1 saturated heterocycles. The molecule has 1 aliphatic carbocycles. The van der Waals surface area contributed by atoms with E-state index in [-0.39, 0.29) is 24.3 Å². The van der Waals surface area contributed by atoms with Crippen LogP contribution in [0.2, 0.25) is 0 Å². The number of para-hydroxylation sites is 1. The molecule has 2 aliphatic rings. The molecule has 1 heterocycles. The third kappa shape index (κ3) is 6.34. The number of likely N-dealkylation sites (tertiary alicyclic amines) is 1. The summed E-state index contributed by atoms with van der Waals surface area (Å²) in [5.74, 6) is -0.331. The van der Waals surface area contributed by atoms with Gasteiger partial charge in [0.15, 0.2) is 0 Å². The van der Waals surface area contributed by atoms with Crippen LogP contribution in [0.15, 0.2) is 30.3 Å². The van der Waals surface area contributed by atoms with Crippen LogP contribution in [-0.2, 0) is 9.59 Å². The lowest BCUT2D eigenvalue weighted by Crippen LogP contribution is -2.49. The zero-order valence-corrected chi connectivity index (χ0v) is 16.3. The van der Waals surface area contributed by atoms with E-state index in [9.17, 15) is 14.4 Å². The maximum absolute atomic E-state index is 12.6. The number of amides is 4. The number of rotatable bonds is 5. The first kappa shape index (κ1) is 20.3. The minimum atomic E-state index is -0.542. The maximum Gasteiger partial charge on any atom is 0.325 e. The highest BCUT2D eigenvalue weighted by molar-refractivity contribution is 6.01. The van der Waals surface area contributed by atoms with Crippen molar-refractivity contribution in [1.82, 2.24) is 15.5 Å². The van der Waals surface area contributed by atoms with Crippen molar-refractivity contribution in [2.45, 2.75) is 51.0 Å². The fourth-order valence-electron chi connectivity index (χ4n) is 4.03. The number of imide groups is 1. The van der Waals surface area contributed by atoms with Gasteiger partial charge in [0, 0.05) is 18.3 Å². The minimum Gasteiger partial charge on any atom is -0.353 e. The minimum absolute atomic E-state index is 0.0818. The van der Waals surface area contributed by atoms with E-state index in [1.54, 1.807) is 12.1 Å². The van der Waals surface area contributed by atoms with Crippen LogP contribution in [0, 0.1) is 5.92 Å². The van der Waals surface area contributed by atoms with E-state index in [0.29, 0.717) is 18.3 Å². The van der Waals surface area contributed by atoms with E-state index in [1.807, 2.05) is 23.1 Å². The van der Waals surface area contributed by atoms with Gasteiger partial charge < -0.3 is 10.6 Å². The van der Waals surface area contributed by atoms with Gasteiger partial charge in [-0.15, -0.1) is 0 Å². The summed E-state index contributed by atoms with van der Waals surface area (Å²) in [6, 6.07) is 8.74. The first-order valence-electron chi connectivity index (χ1n) is 10.3. The van der Waals surface area contributed by atoms with Crippen molar-refractivity contribution in [3.8, 4) is 0 Å². The molecule has 2 fully saturated rings. The second-order valence-electron chi connectivity index (χ2n) is 7.79. The van der Waals surface area contributed by atoms with Crippen molar-refractivity contribution in [2.75, 3.05) is 25.0 Å². The van der Waals surface area contributed by atoms with Crippen molar-refractivity contribution < 1.29 is 14.4 Å². The van der Waals surface area contributed by atoms with Gasteiger partial charge in [0.25, 0.3) is 0 Å². The zero-order valence-electron chi connectivity index (χ0n) is 16.3. The summed E-state index contributed by atoms with van der Waals surface area (Å²) in [4.78, 5) is 38.7. The first-order valence-corrected chi connectivity index (χ1v) is 10.3. The molecule has 1 atom stereocenters. The number of nitrogens with zero attached hydrogens (tertiary/aromatic N) is 1. The number of urea groups is 1. The van der Waals surface area contributed by atoms with E-state index in [0.717, 1.165) is 32.2 Å². The largest absolute Gasteiger partial charge is 0.353 e. The Labute approximate surface area is 166 Å². The lowest BCUT2D eigenvalue weighted by Gasteiger charge is -2.33. The number of anilines is 1. The first-order chi connectivity index (χ1) is 13.6. The molecule has 1 aromatic carbocycles. The Balaban J connectivity index is 1.41. The quantitative estimate of drug-likeness (QED) is 0.725. The number of nitrogens with one attached hydrogen (secondary N) is 3. The Bertz CT molecular complexity index is 673. The molecule has 7 heteroatoms. The normalized spacial score (nSPS) is 20.9. The molecule has 1 aliphatic heterocycles. The Morgan fingerprint density at radius 1 is 0.964 bits per heavy atom. The van der Waals surface area contributed by atoms with Gasteiger partial charge in [0.1, 0.15) is 0 Å². The second kappa shape index (κ2) is 10.2.